The van der Waals surface area contributed by atoms with Crippen LogP contribution in [0.3, 0.4) is 0 Å². The Bertz CT molecular complexity index is 228. The zero-order valence-electron chi connectivity index (χ0n) is 7.17. The largest absolute Gasteiger partial charge is 0.344 e. The van der Waals surface area contributed by atoms with Gasteiger partial charge in [0, 0.05) is 0 Å². The number of benzene rings is 1. The molecule has 0 saturated carbocycles. The molecular formula is C10H15N. The first kappa shape index (κ1) is 8.28. The van der Waals surface area contributed by atoms with Crippen LogP contribution in [0.15, 0.2) is 24.3 Å². The lowest BCUT2D eigenvalue weighted by atomic mass is 9.70. The minimum Gasteiger partial charge on any atom is -0.344 e. The van der Waals surface area contributed by atoms with Crippen LogP contribution in [0.25, 0.3) is 0 Å². The molecule has 2 unspecified atom stereocenters. The van der Waals surface area contributed by atoms with Crippen LogP contribution in [0, 0.1) is 0 Å². The van der Waals surface area contributed by atoms with Gasteiger partial charge in [-0.3, -0.25) is 0 Å². The van der Waals surface area contributed by atoms with E-state index in [9.17, 15) is 0 Å². The van der Waals surface area contributed by atoms with Crippen molar-refractivity contribution in [2.24, 2.45) is 0 Å². The fraction of sp³-hybridized carbons (Fsp3) is 0.400. The minimum atomic E-state index is 0. The second-order valence-corrected chi connectivity index (χ2v) is 3.21. The van der Waals surface area contributed by atoms with Crippen LogP contribution >= 0.6 is 0 Å². The van der Waals surface area contributed by atoms with E-state index >= 15 is 0 Å². The zero-order chi connectivity index (χ0) is 7.14. The summed E-state index contributed by atoms with van der Waals surface area (Å²) >= 11 is 0. The highest BCUT2D eigenvalue weighted by Crippen LogP contribution is 2.45. The molecule has 1 aliphatic carbocycles. The molecule has 11 heavy (non-hydrogen) atoms. The zero-order valence-corrected chi connectivity index (χ0v) is 7.17. The molecule has 0 radical (unpaired) electrons. The molecule has 1 nitrogen and oxygen atoms in total. The molecule has 0 aliphatic heterocycles. The Morgan fingerprint density at radius 2 is 1.27 bits per heavy atom. The van der Waals surface area contributed by atoms with Gasteiger partial charge in [-0.2, -0.15) is 0 Å². The summed E-state index contributed by atoms with van der Waals surface area (Å²) in [5.74, 6) is 1.58. The smallest absolute Gasteiger partial charge is 0.0121 e. The summed E-state index contributed by atoms with van der Waals surface area (Å²) in [5, 5.41) is 0. The molecule has 60 valence electrons. The third-order valence-corrected chi connectivity index (χ3v) is 2.73. The summed E-state index contributed by atoms with van der Waals surface area (Å²) in [5.41, 5.74) is 3.10. The highest BCUT2D eigenvalue weighted by molar-refractivity contribution is 5.43. The number of rotatable bonds is 0. The minimum absolute atomic E-state index is 0. The van der Waals surface area contributed by atoms with Crippen molar-refractivity contribution in [3.63, 3.8) is 0 Å². The van der Waals surface area contributed by atoms with E-state index in [2.05, 4.69) is 38.1 Å². The van der Waals surface area contributed by atoms with Crippen molar-refractivity contribution in [3.05, 3.63) is 35.4 Å². The molecule has 0 aromatic heterocycles. The van der Waals surface area contributed by atoms with E-state index in [-0.39, 0.29) is 6.15 Å². The van der Waals surface area contributed by atoms with Gasteiger partial charge in [-0.25, -0.2) is 0 Å². The van der Waals surface area contributed by atoms with E-state index in [0.717, 1.165) is 11.8 Å². The highest BCUT2D eigenvalue weighted by atomic mass is 14.3. The van der Waals surface area contributed by atoms with E-state index in [4.69, 9.17) is 0 Å². The second-order valence-electron chi connectivity index (χ2n) is 3.21. The molecule has 1 heteroatoms. The van der Waals surface area contributed by atoms with E-state index in [0.29, 0.717) is 0 Å². The summed E-state index contributed by atoms with van der Waals surface area (Å²) in [6.07, 6.45) is 0. The van der Waals surface area contributed by atoms with Gasteiger partial charge in [-0.15, -0.1) is 0 Å². The lowest BCUT2D eigenvalue weighted by Gasteiger charge is -2.34. The lowest BCUT2D eigenvalue weighted by Crippen LogP contribution is -2.18. The van der Waals surface area contributed by atoms with E-state index in [1.807, 2.05) is 0 Å². The van der Waals surface area contributed by atoms with E-state index < -0.39 is 0 Å². The summed E-state index contributed by atoms with van der Waals surface area (Å²) in [6, 6.07) is 8.72. The second kappa shape index (κ2) is 2.67. The van der Waals surface area contributed by atoms with Crippen molar-refractivity contribution in [3.8, 4) is 0 Å². The standard InChI is InChI=1S/C10H12.H3N/c1-7-8(2)10-6-4-3-5-9(7)10;/h3-8H,1-2H3;1H3. The molecule has 0 saturated heterocycles. The Morgan fingerprint density at radius 3 is 1.64 bits per heavy atom. The van der Waals surface area contributed by atoms with Gasteiger partial charge in [0.1, 0.15) is 0 Å². The quantitative estimate of drug-likeness (QED) is 0.604. The average Bonchev–Trinajstić information content (AvgIpc) is 2.03. The predicted molar refractivity (Wildman–Crippen MR) is 48.3 cm³/mol. The van der Waals surface area contributed by atoms with Crippen LogP contribution in [0.2, 0.25) is 0 Å². The Labute approximate surface area is 68.0 Å². The van der Waals surface area contributed by atoms with Gasteiger partial charge in [-0.05, 0) is 23.0 Å². The molecule has 0 amide bonds. The highest BCUT2D eigenvalue weighted by Gasteiger charge is 2.29. The first-order valence-corrected chi connectivity index (χ1v) is 3.89. The Hall–Kier alpha value is -0.820. The van der Waals surface area contributed by atoms with Gasteiger partial charge < -0.3 is 6.15 Å². The van der Waals surface area contributed by atoms with Crippen LogP contribution in [0.1, 0.15) is 36.8 Å². The van der Waals surface area contributed by atoms with Gasteiger partial charge in [0.25, 0.3) is 0 Å². The molecule has 0 heterocycles. The van der Waals surface area contributed by atoms with Gasteiger partial charge in [0.15, 0.2) is 0 Å². The number of hydrogen-bond donors (Lipinski definition) is 1. The molecule has 0 fully saturated rings. The van der Waals surface area contributed by atoms with Gasteiger partial charge in [0.05, 0.1) is 0 Å². The summed E-state index contributed by atoms with van der Waals surface area (Å²) < 4.78 is 0. The van der Waals surface area contributed by atoms with Crippen LogP contribution < -0.4 is 6.15 Å². The SMILES string of the molecule is CC1c2ccccc2C1C.N. The molecule has 2 atom stereocenters. The summed E-state index contributed by atoms with van der Waals surface area (Å²) in [4.78, 5) is 0. The molecule has 1 aromatic carbocycles. The molecule has 2 rings (SSSR count). The fourth-order valence-electron chi connectivity index (χ4n) is 1.78. The van der Waals surface area contributed by atoms with Crippen LogP contribution in [0.5, 0.6) is 0 Å². The van der Waals surface area contributed by atoms with E-state index in [1.165, 1.54) is 0 Å². The van der Waals surface area contributed by atoms with Crippen LogP contribution in [-0.4, -0.2) is 0 Å². The molecule has 0 bridgehead atoms. The predicted octanol–water partition coefficient (Wildman–Crippen LogP) is 3.07. The number of fused-ring (bicyclic) bond motifs is 1. The molecule has 1 aromatic rings. The monoisotopic (exact) mass is 149 g/mol. The van der Waals surface area contributed by atoms with E-state index in [1.54, 1.807) is 11.1 Å². The third-order valence-electron chi connectivity index (χ3n) is 2.73. The first-order chi connectivity index (χ1) is 4.80. The molecule has 3 N–H and O–H groups in total. The topological polar surface area (TPSA) is 35.0 Å². The Balaban J connectivity index is 0.000000605. The van der Waals surface area contributed by atoms with Crippen molar-refractivity contribution in [1.29, 1.82) is 0 Å². The van der Waals surface area contributed by atoms with Crippen LogP contribution in [-0.2, 0) is 0 Å². The maximum atomic E-state index is 2.30. The fourth-order valence-corrected chi connectivity index (χ4v) is 1.78. The lowest BCUT2D eigenvalue weighted by molar-refractivity contribution is 0.542. The molecule has 0 spiro atoms. The Kier molecular flexibility index (Phi) is 2.01. The van der Waals surface area contributed by atoms with Crippen molar-refractivity contribution in [1.82, 2.24) is 6.15 Å². The summed E-state index contributed by atoms with van der Waals surface area (Å²) in [6.45, 7) is 4.60. The van der Waals surface area contributed by atoms with Crippen molar-refractivity contribution >= 4 is 0 Å². The normalized spacial score (nSPS) is 26.4. The first-order valence-electron chi connectivity index (χ1n) is 3.89. The van der Waals surface area contributed by atoms with Crippen LogP contribution in [0.4, 0.5) is 0 Å². The maximum Gasteiger partial charge on any atom is -0.0121 e. The maximum absolute atomic E-state index is 2.30. The molecular weight excluding hydrogens is 134 g/mol. The summed E-state index contributed by atoms with van der Waals surface area (Å²) in [7, 11) is 0. The third kappa shape index (κ3) is 0.962. The average molecular weight is 149 g/mol. The van der Waals surface area contributed by atoms with Gasteiger partial charge in [0.2, 0.25) is 0 Å². The van der Waals surface area contributed by atoms with Gasteiger partial charge >= 0.3 is 0 Å². The van der Waals surface area contributed by atoms with Crippen molar-refractivity contribution in [2.75, 3.05) is 0 Å². The van der Waals surface area contributed by atoms with Gasteiger partial charge in [-0.1, -0.05) is 38.1 Å². The number of hydrogen-bond acceptors (Lipinski definition) is 1. The van der Waals surface area contributed by atoms with Crippen molar-refractivity contribution < 1.29 is 0 Å². The Morgan fingerprint density at radius 1 is 0.909 bits per heavy atom. The molecule has 1 aliphatic rings. The van der Waals surface area contributed by atoms with Crippen molar-refractivity contribution in [2.45, 2.75) is 25.7 Å².